The zero-order valence-corrected chi connectivity index (χ0v) is 18.9. The lowest BCUT2D eigenvalue weighted by atomic mass is 9.95. The maximum Gasteiger partial charge on any atom is 0.295 e. The smallest absolute Gasteiger partial charge is 0.295 e. The number of benzene rings is 2. The Morgan fingerprint density at radius 1 is 0.935 bits per heavy atom. The van der Waals surface area contributed by atoms with Gasteiger partial charge in [-0.25, -0.2) is 0 Å². The van der Waals surface area contributed by atoms with E-state index in [2.05, 4.69) is 4.90 Å². The van der Waals surface area contributed by atoms with Crippen LogP contribution in [0.4, 0.5) is 0 Å². The molecule has 31 heavy (non-hydrogen) atoms. The number of ketones is 1. The molecule has 1 N–H and O–H groups in total. The van der Waals surface area contributed by atoms with Gasteiger partial charge in [-0.15, -0.1) is 0 Å². The van der Waals surface area contributed by atoms with Crippen LogP contribution in [0.5, 0.6) is 0 Å². The molecule has 8 heteroatoms. The summed E-state index contributed by atoms with van der Waals surface area (Å²) in [5.74, 6) is -1.59. The number of aliphatic hydroxyl groups is 1. The number of hydrogen-bond donors (Lipinski definition) is 1. The molecule has 162 valence electrons. The van der Waals surface area contributed by atoms with Crippen LogP contribution in [0.2, 0.25) is 15.1 Å². The average Bonchev–Trinajstić information content (AvgIpc) is 3.36. The molecule has 2 aromatic rings. The van der Waals surface area contributed by atoms with Gasteiger partial charge in [0.25, 0.3) is 11.7 Å². The Bertz CT molecular complexity index is 1050. The summed E-state index contributed by atoms with van der Waals surface area (Å²) in [5, 5.41) is 12.2. The standard InChI is InChI=1S/C23H21Cl3N2O3/c24-16-6-3-14(4-7-16)21(29)19-20(15-5-8-17(25)18(26)13-15)28(23(31)22(19)30)12-11-27-9-1-2-10-27/h3-8,13,20,29H,1-2,9-12H2/b21-19+. The van der Waals surface area contributed by atoms with Crippen LogP contribution < -0.4 is 0 Å². The second-order valence-corrected chi connectivity index (χ2v) is 8.97. The molecule has 0 spiro atoms. The van der Waals surface area contributed by atoms with Crippen molar-refractivity contribution in [2.24, 2.45) is 0 Å². The normalized spacial score (nSPS) is 21.3. The summed E-state index contributed by atoms with van der Waals surface area (Å²) >= 11 is 18.3. The van der Waals surface area contributed by atoms with Crippen molar-refractivity contribution >= 4 is 52.3 Å². The number of rotatable bonds is 5. The first-order valence-corrected chi connectivity index (χ1v) is 11.2. The zero-order valence-electron chi connectivity index (χ0n) is 16.7. The van der Waals surface area contributed by atoms with Crippen LogP contribution in [-0.2, 0) is 9.59 Å². The minimum atomic E-state index is -0.756. The third kappa shape index (κ3) is 4.46. The topological polar surface area (TPSA) is 60.9 Å². The van der Waals surface area contributed by atoms with Gasteiger partial charge in [-0.1, -0.05) is 40.9 Å². The van der Waals surface area contributed by atoms with Crippen LogP contribution in [0.1, 0.15) is 30.0 Å². The summed E-state index contributed by atoms with van der Waals surface area (Å²) < 4.78 is 0. The lowest BCUT2D eigenvalue weighted by Crippen LogP contribution is -2.37. The highest BCUT2D eigenvalue weighted by Gasteiger charge is 2.46. The number of likely N-dealkylation sites (tertiary alicyclic amines) is 2. The second kappa shape index (κ2) is 9.21. The molecule has 2 fully saturated rings. The Hall–Kier alpha value is -2.05. The lowest BCUT2D eigenvalue weighted by Gasteiger charge is -2.27. The fraction of sp³-hybridized carbons (Fsp3) is 0.304. The molecular weight excluding hydrogens is 459 g/mol. The largest absolute Gasteiger partial charge is 0.507 e. The maximum atomic E-state index is 13.0. The number of aliphatic hydroxyl groups excluding tert-OH is 1. The predicted molar refractivity (Wildman–Crippen MR) is 123 cm³/mol. The van der Waals surface area contributed by atoms with E-state index in [-0.39, 0.29) is 11.3 Å². The molecule has 0 saturated carbocycles. The van der Waals surface area contributed by atoms with E-state index in [9.17, 15) is 14.7 Å². The fourth-order valence-corrected chi connectivity index (χ4v) is 4.59. The molecule has 0 radical (unpaired) electrons. The molecule has 4 rings (SSSR count). The number of amides is 1. The van der Waals surface area contributed by atoms with E-state index in [0.717, 1.165) is 25.9 Å². The first kappa shape index (κ1) is 22.2. The highest BCUT2D eigenvalue weighted by Crippen LogP contribution is 2.41. The predicted octanol–water partition coefficient (Wildman–Crippen LogP) is 5.16. The molecule has 0 aromatic heterocycles. The van der Waals surface area contributed by atoms with E-state index in [1.807, 2.05) is 0 Å². The van der Waals surface area contributed by atoms with E-state index in [1.165, 1.54) is 4.90 Å². The van der Waals surface area contributed by atoms with Gasteiger partial charge in [0.1, 0.15) is 5.76 Å². The fourth-order valence-electron chi connectivity index (χ4n) is 4.16. The number of Topliss-reactive ketones (excluding diaryl/α,β-unsaturated/α-hetero) is 1. The summed E-state index contributed by atoms with van der Waals surface area (Å²) in [7, 11) is 0. The van der Waals surface area contributed by atoms with Crippen LogP contribution >= 0.6 is 34.8 Å². The lowest BCUT2D eigenvalue weighted by molar-refractivity contribution is -0.140. The molecule has 2 aromatic carbocycles. The monoisotopic (exact) mass is 478 g/mol. The third-order valence-electron chi connectivity index (χ3n) is 5.77. The van der Waals surface area contributed by atoms with E-state index in [4.69, 9.17) is 34.8 Å². The molecule has 1 amide bonds. The summed E-state index contributed by atoms with van der Waals surface area (Å²) in [6.07, 6.45) is 2.26. The molecule has 5 nitrogen and oxygen atoms in total. The van der Waals surface area contributed by atoms with Crippen molar-refractivity contribution < 1.29 is 14.7 Å². The summed E-state index contributed by atoms with van der Waals surface area (Å²) in [6, 6.07) is 10.7. The molecule has 2 saturated heterocycles. The quantitative estimate of drug-likeness (QED) is 0.365. The molecule has 2 aliphatic heterocycles. The first-order valence-electron chi connectivity index (χ1n) is 10.1. The van der Waals surface area contributed by atoms with Gasteiger partial charge >= 0.3 is 0 Å². The van der Waals surface area contributed by atoms with E-state index >= 15 is 0 Å². The summed E-state index contributed by atoms with van der Waals surface area (Å²) in [4.78, 5) is 29.8. The van der Waals surface area contributed by atoms with Gasteiger partial charge in [-0.2, -0.15) is 0 Å². The van der Waals surface area contributed by atoms with Crippen molar-refractivity contribution in [1.29, 1.82) is 0 Å². The maximum absolute atomic E-state index is 13.0. The van der Waals surface area contributed by atoms with Gasteiger partial charge in [0, 0.05) is 23.7 Å². The molecular formula is C23H21Cl3N2O3. The van der Waals surface area contributed by atoms with Crippen LogP contribution in [0, 0.1) is 0 Å². The highest BCUT2D eigenvalue weighted by atomic mass is 35.5. The summed E-state index contributed by atoms with van der Waals surface area (Å²) in [5.41, 5.74) is 1.06. The Balaban J connectivity index is 1.78. The zero-order chi connectivity index (χ0) is 22.1. The van der Waals surface area contributed by atoms with E-state index in [0.29, 0.717) is 39.3 Å². The van der Waals surface area contributed by atoms with Gasteiger partial charge in [-0.05, 0) is 67.9 Å². The third-order valence-corrected chi connectivity index (χ3v) is 6.76. The van der Waals surface area contributed by atoms with E-state index < -0.39 is 17.7 Å². The van der Waals surface area contributed by atoms with Gasteiger partial charge in [0.2, 0.25) is 0 Å². The van der Waals surface area contributed by atoms with Crippen LogP contribution in [0.25, 0.3) is 5.76 Å². The van der Waals surface area contributed by atoms with Crippen LogP contribution in [0.15, 0.2) is 48.0 Å². The molecule has 0 bridgehead atoms. The van der Waals surface area contributed by atoms with Crippen molar-refractivity contribution in [2.45, 2.75) is 18.9 Å². The number of carbonyl (C=O) groups excluding carboxylic acids is 2. The number of nitrogens with zero attached hydrogens (tertiary/aromatic N) is 2. The second-order valence-electron chi connectivity index (χ2n) is 7.72. The Morgan fingerprint density at radius 3 is 2.26 bits per heavy atom. The Kier molecular flexibility index (Phi) is 6.58. The average molecular weight is 480 g/mol. The van der Waals surface area contributed by atoms with Crippen molar-refractivity contribution in [2.75, 3.05) is 26.2 Å². The van der Waals surface area contributed by atoms with Gasteiger partial charge < -0.3 is 14.9 Å². The van der Waals surface area contributed by atoms with Crippen molar-refractivity contribution in [1.82, 2.24) is 9.80 Å². The molecule has 2 heterocycles. The van der Waals surface area contributed by atoms with Gasteiger partial charge in [0.05, 0.1) is 21.7 Å². The van der Waals surface area contributed by atoms with Crippen LogP contribution in [-0.4, -0.2) is 52.8 Å². The molecule has 0 aliphatic carbocycles. The molecule has 2 aliphatic rings. The minimum Gasteiger partial charge on any atom is -0.507 e. The molecule has 1 atom stereocenters. The van der Waals surface area contributed by atoms with Crippen molar-refractivity contribution in [3.05, 3.63) is 74.2 Å². The summed E-state index contributed by atoms with van der Waals surface area (Å²) in [6.45, 7) is 2.98. The van der Waals surface area contributed by atoms with Gasteiger partial charge in [-0.3, -0.25) is 9.59 Å². The number of hydrogen-bond acceptors (Lipinski definition) is 4. The number of carbonyl (C=O) groups is 2. The number of halogens is 3. The van der Waals surface area contributed by atoms with Crippen molar-refractivity contribution in [3.8, 4) is 0 Å². The highest BCUT2D eigenvalue weighted by molar-refractivity contribution is 6.47. The van der Waals surface area contributed by atoms with Crippen molar-refractivity contribution in [3.63, 3.8) is 0 Å². The van der Waals surface area contributed by atoms with Gasteiger partial charge in [0.15, 0.2) is 0 Å². The molecule has 1 unspecified atom stereocenters. The van der Waals surface area contributed by atoms with Crippen LogP contribution in [0.3, 0.4) is 0 Å². The SMILES string of the molecule is O=C1C(=O)N(CCN2CCCC2)C(c2ccc(Cl)c(Cl)c2)/C1=C(\O)c1ccc(Cl)cc1. The Labute approximate surface area is 195 Å². The Morgan fingerprint density at radius 2 is 1.61 bits per heavy atom. The first-order chi connectivity index (χ1) is 14.9. The minimum absolute atomic E-state index is 0.0344. The van der Waals surface area contributed by atoms with E-state index in [1.54, 1.807) is 42.5 Å².